The molecule has 1 amide bonds. The van der Waals surface area contributed by atoms with E-state index < -0.39 is 5.97 Å². The molecule has 17 heavy (non-hydrogen) atoms. The van der Waals surface area contributed by atoms with E-state index in [0.29, 0.717) is 5.75 Å². The molecule has 0 spiro atoms. The molecule has 1 aliphatic carbocycles. The van der Waals surface area contributed by atoms with Crippen molar-refractivity contribution in [3.05, 3.63) is 0 Å². The fraction of sp³-hybridized carbons (Fsp3) is 0.833. The van der Waals surface area contributed by atoms with Gasteiger partial charge in [-0.25, -0.2) is 0 Å². The summed E-state index contributed by atoms with van der Waals surface area (Å²) in [6.07, 6.45) is 4.52. The highest BCUT2D eigenvalue weighted by atomic mass is 32.2. The number of carbonyl (C=O) groups excluding carboxylic acids is 1. The highest BCUT2D eigenvalue weighted by Crippen LogP contribution is 2.50. The molecule has 0 aromatic carbocycles. The maximum Gasteiger partial charge on any atom is 0.303 e. The van der Waals surface area contributed by atoms with Crippen LogP contribution in [0.5, 0.6) is 0 Å². The summed E-state index contributed by atoms with van der Waals surface area (Å²) >= 11 is 1.61. The summed E-state index contributed by atoms with van der Waals surface area (Å²) < 4.78 is 0. The first-order valence-corrected chi connectivity index (χ1v) is 7.34. The van der Waals surface area contributed by atoms with Gasteiger partial charge in [0.15, 0.2) is 0 Å². The number of carboxylic acid groups (broad SMARTS) is 1. The number of hydrogen-bond donors (Lipinski definition) is 1. The van der Waals surface area contributed by atoms with Crippen molar-refractivity contribution in [3.8, 4) is 0 Å². The molecule has 1 saturated carbocycles. The molecular formula is C12H19NO3S. The van der Waals surface area contributed by atoms with Crippen molar-refractivity contribution in [1.29, 1.82) is 0 Å². The molecule has 0 radical (unpaired) electrons. The van der Waals surface area contributed by atoms with Crippen LogP contribution in [0.2, 0.25) is 0 Å². The van der Waals surface area contributed by atoms with Crippen LogP contribution in [-0.4, -0.2) is 46.5 Å². The number of nitrogens with zero attached hydrogens (tertiary/aromatic N) is 1. The number of rotatable bonds is 6. The molecule has 1 heterocycles. The SMILES string of the molecule is O=C(O)CC1(CSCC(=O)N2CCCC2)CC1. The number of thioether (sulfide) groups is 1. The van der Waals surface area contributed by atoms with Gasteiger partial charge in [0.05, 0.1) is 12.2 Å². The first-order chi connectivity index (χ1) is 8.11. The molecule has 1 saturated heterocycles. The highest BCUT2D eigenvalue weighted by Gasteiger charge is 2.44. The minimum Gasteiger partial charge on any atom is -0.481 e. The molecule has 4 nitrogen and oxygen atoms in total. The van der Waals surface area contributed by atoms with Gasteiger partial charge in [0.2, 0.25) is 5.91 Å². The Kier molecular flexibility index (Phi) is 3.97. The predicted octanol–water partition coefficient (Wildman–Crippen LogP) is 1.60. The van der Waals surface area contributed by atoms with E-state index in [1.165, 1.54) is 0 Å². The van der Waals surface area contributed by atoms with E-state index in [9.17, 15) is 9.59 Å². The van der Waals surface area contributed by atoms with Gasteiger partial charge in [-0.1, -0.05) is 0 Å². The summed E-state index contributed by atoms with van der Waals surface area (Å²) in [6, 6.07) is 0. The van der Waals surface area contributed by atoms with Gasteiger partial charge in [0, 0.05) is 13.1 Å². The molecule has 0 aromatic rings. The maximum atomic E-state index is 11.8. The molecule has 96 valence electrons. The van der Waals surface area contributed by atoms with Crippen molar-refractivity contribution >= 4 is 23.6 Å². The lowest BCUT2D eigenvalue weighted by atomic mass is 10.1. The van der Waals surface area contributed by atoms with Crippen LogP contribution in [0.25, 0.3) is 0 Å². The van der Waals surface area contributed by atoms with Gasteiger partial charge >= 0.3 is 5.97 Å². The van der Waals surface area contributed by atoms with E-state index in [4.69, 9.17) is 5.11 Å². The molecule has 2 rings (SSSR count). The molecule has 2 fully saturated rings. The summed E-state index contributed by atoms with van der Waals surface area (Å²) in [6.45, 7) is 1.80. The summed E-state index contributed by atoms with van der Waals surface area (Å²) in [5.41, 5.74) is 0.00178. The molecule has 1 aliphatic heterocycles. The summed E-state index contributed by atoms with van der Waals surface area (Å²) in [7, 11) is 0. The van der Waals surface area contributed by atoms with Crippen molar-refractivity contribution in [2.45, 2.75) is 32.1 Å². The minimum atomic E-state index is -0.714. The molecule has 0 atom stereocenters. The molecule has 0 unspecified atom stereocenters. The fourth-order valence-electron chi connectivity index (χ4n) is 2.28. The summed E-state index contributed by atoms with van der Waals surface area (Å²) in [5, 5.41) is 8.79. The van der Waals surface area contributed by atoms with Crippen molar-refractivity contribution < 1.29 is 14.7 Å². The summed E-state index contributed by atoms with van der Waals surface area (Å²) in [5.74, 6) is 0.841. The average molecular weight is 257 g/mol. The number of amides is 1. The van der Waals surface area contributed by atoms with E-state index in [-0.39, 0.29) is 17.7 Å². The Morgan fingerprint density at radius 2 is 1.88 bits per heavy atom. The quantitative estimate of drug-likeness (QED) is 0.785. The van der Waals surface area contributed by atoms with Gasteiger partial charge < -0.3 is 10.0 Å². The van der Waals surface area contributed by atoms with E-state index in [2.05, 4.69) is 0 Å². The largest absolute Gasteiger partial charge is 0.481 e. The topological polar surface area (TPSA) is 57.6 Å². The summed E-state index contributed by atoms with van der Waals surface area (Å²) in [4.78, 5) is 24.4. The average Bonchev–Trinajstić information content (AvgIpc) is 2.82. The molecule has 2 aliphatic rings. The third-order valence-corrected chi connectivity index (χ3v) is 4.84. The fourth-order valence-corrected chi connectivity index (χ4v) is 3.57. The van der Waals surface area contributed by atoms with Crippen molar-refractivity contribution in [2.75, 3.05) is 24.6 Å². The number of likely N-dealkylation sites (tertiary alicyclic amines) is 1. The predicted molar refractivity (Wildman–Crippen MR) is 67.1 cm³/mol. The zero-order valence-electron chi connectivity index (χ0n) is 9.98. The second kappa shape index (κ2) is 5.29. The number of aliphatic carboxylic acids is 1. The number of carboxylic acids is 1. The van der Waals surface area contributed by atoms with Gasteiger partial charge in [0.1, 0.15) is 0 Å². The second-order valence-electron chi connectivity index (χ2n) is 5.15. The first kappa shape index (κ1) is 12.7. The van der Waals surface area contributed by atoms with Crippen LogP contribution in [0.3, 0.4) is 0 Å². The molecule has 0 aromatic heterocycles. The third-order valence-electron chi connectivity index (χ3n) is 3.58. The molecule has 1 N–H and O–H groups in total. The van der Waals surface area contributed by atoms with Gasteiger partial charge in [-0.05, 0) is 36.9 Å². The van der Waals surface area contributed by atoms with Gasteiger partial charge in [0.25, 0.3) is 0 Å². The Labute approximate surface area is 106 Å². The van der Waals surface area contributed by atoms with Gasteiger partial charge in [-0.15, -0.1) is 0 Å². The monoisotopic (exact) mass is 257 g/mol. The van der Waals surface area contributed by atoms with Crippen LogP contribution in [0.15, 0.2) is 0 Å². The van der Waals surface area contributed by atoms with E-state index >= 15 is 0 Å². The first-order valence-electron chi connectivity index (χ1n) is 6.19. The zero-order chi connectivity index (χ0) is 12.3. The molecular weight excluding hydrogens is 238 g/mol. The number of carbonyl (C=O) groups is 2. The molecule has 0 bridgehead atoms. The van der Waals surface area contributed by atoms with Gasteiger partial charge in [-0.2, -0.15) is 11.8 Å². The lowest BCUT2D eigenvalue weighted by Crippen LogP contribution is -2.29. The maximum absolute atomic E-state index is 11.8. The van der Waals surface area contributed by atoms with Crippen LogP contribution in [0.1, 0.15) is 32.1 Å². The second-order valence-corrected chi connectivity index (χ2v) is 6.14. The van der Waals surface area contributed by atoms with Crippen molar-refractivity contribution in [1.82, 2.24) is 4.90 Å². The third kappa shape index (κ3) is 3.63. The lowest BCUT2D eigenvalue weighted by molar-refractivity contribution is -0.138. The van der Waals surface area contributed by atoms with E-state index in [0.717, 1.165) is 44.5 Å². The van der Waals surface area contributed by atoms with E-state index in [1.54, 1.807) is 11.8 Å². The van der Waals surface area contributed by atoms with Crippen molar-refractivity contribution in [2.24, 2.45) is 5.41 Å². The Morgan fingerprint density at radius 3 is 2.41 bits per heavy atom. The highest BCUT2D eigenvalue weighted by molar-refractivity contribution is 7.99. The van der Waals surface area contributed by atoms with Crippen LogP contribution in [-0.2, 0) is 9.59 Å². The standard InChI is InChI=1S/C12H19NO3S/c14-10(13-5-1-2-6-13)8-17-9-12(3-4-12)7-11(15)16/h1-9H2,(H,15,16). The van der Waals surface area contributed by atoms with Crippen LogP contribution < -0.4 is 0 Å². The normalized spacial score (nSPS) is 21.5. The Bertz CT molecular complexity index is 309. The zero-order valence-corrected chi connectivity index (χ0v) is 10.8. The molecule has 5 heteroatoms. The van der Waals surface area contributed by atoms with Crippen LogP contribution >= 0.6 is 11.8 Å². The Balaban J connectivity index is 1.65. The number of hydrogen-bond acceptors (Lipinski definition) is 3. The smallest absolute Gasteiger partial charge is 0.303 e. The van der Waals surface area contributed by atoms with Crippen LogP contribution in [0, 0.1) is 5.41 Å². The Hall–Kier alpha value is -0.710. The lowest BCUT2D eigenvalue weighted by Gasteiger charge is -2.16. The Morgan fingerprint density at radius 1 is 1.24 bits per heavy atom. The van der Waals surface area contributed by atoms with Gasteiger partial charge in [-0.3, -0.25) is 9.59 Å². The van der Waals surface area contributed by atoms with E-state index in [1.807, 2.05) is 4.90 Å². The minimum absolute atomic E-state index is 0.00178. The van der Waals surface area contributed by atoms with Crippen LogP contribution in [0.4, 0.5) is 0 Å². The van der Waals surface area contributed by atoms with Crippen molar-refractivity contribution in [3.63, 3.8) is 0 Å².